The van der Waals surface area contributed by atoms with Gasteiger partial charge in [-0.05, 0) is 48.7 Å². The molecule has 0 aliphatic carbocycles. The quantitative estimate of drug-likeness (QED) is 0.557. The Morgan fingerprint density at radius 1 is 0.967 bits per heavy atom. The molecule has 1 aliphatic rings. The molecule has 1 aliphatic heterocycles. The van der Waals surface area contributed by atoms with Crippen LogP contribution >= 0.6 is 0 Å². The van der Waals surface area contributed by atoms with Crippen molar-refractivity contribution < 1.29 is 23.1 Å². The summed E-state index contributed by atoms with van der Waals surface area (Å²) in [7, 11) is 0. The second-order valence-electron chi connectivity index (χ2n) is 7.08. The summed E-state index contributed by atoms with van der Waals surface area (Å²) in [4.78, 5) is 25.9. The zero-order valence-corrected chi connectivity index (χ0v) is 16.6. The Bertz CT molecular complexity index is 885. The number of para-hydroxylation sites is 1. The molecule has 1 N–H and O–H groups in total. The molecule has 7 heteroatoms. The summed E-state index contributed by atoms with van der Waals surface area (Å²) in [6.45, 7) is 1.46. The van der Waals surface area contributed by atoms with Crippen LogP contribution in [0.2, 0.25) is 0 Å². The van der Waals surface area contributed by atoms with Crippen LogP contribution in [0.3, 0.4) is 0 Å². The van der Waals surface area contributed by atoms with E-state index in [1.54, 1.807) is 6.08 Å². The minimum Gasteiger partial charge on any atom is -0.452 e. The van der Waals surface area contributed by atoms with E-state index in [1.165, 1.54) is 37.8 Å². The first-order chi connectivity index (χ1) is 14.5. The van der Waals surface area contributed by atoms with Gasteiger partial charge in [0.15, 0.2) is 6.61 Å². The molecule has 2 aromatic carbocycles. The monoisotopic (exact) mass is 414 g/mol. The summed E-state index contributed by atoms with van der Waals surface area (Å²) in [6.07, 6.45) is 7.73. The molecule has 0 atom stereocenters. The summed E-state index contributed by atoms with van der Waals surface area (Å²) in [6, 6.07) is 11.1. The summed E-state index contributed by atoms with van der Waals surface area (Å²) >= 11 is 0. The first kappa shape index (κ1) is 21.5. The number of halogens is 2. The van der Waals surface area contributed by atoms with Crippen molar-refractivity contribution in [2.24, 2.45) is 0 Å². The van der Waals surface area contributed by atoms with Gasteiger partial charge in [0, 0.05) is 24.9 Å². The number of rotatable bonds is 6. The molecule has 0 aromatic heterocycles. The van der Waals surface area contributed by atoms with Crippen molar-refractivity contribution in [1.29, 1.82) is 0 Å². The third-order valence-corrected chi connectivity index (χ3v) is 4.85. The number of amides is 1. The molecule has 30 heavy (non-hydrogen) atoms. The normalized spacial score (nSPS) is 14.4. The summed E-state index contributed by atoms with van der Waals surface area (Å²) < 4.78 is 31.8. The van der Waals surface area contributed by atoms with Crippen molar-refractivity contribution in [3.05, 3.63) is 65.7 Å². The van der Waals surface area contributed by atoms with Crippen molar-refractivity contribution >= 4 is 29.3 Å². The predicted molar refractivity (Wildman–Crippen MR) is 112 cm³/mol. The Labute approximate surface area is 174 Å². The molecule has 5 nitrogen and oxygen atoms in total. The molecule has 1 heterocycles. The number of anilines is 2. The Hall–Kier alpha value is -3.22. The lowest BCUT2D eigenvalue weighted by atomic mass is 10.1. The maximum absolute atomic E-state index is 13.5. The highest BCUT2D eigenvalue weighted by Gasteiger charge is 2.13. The molecule has 158 valence electrons. The van der Waals surface area contributed by atoms with E-state index in [9.17, 15) is 18.4 Å². The highest BCUT2D eigenvalue weighted by Crippen LogP contribution is 2.20. The lowest BCUT2D eigenvalue weighted by Crippen LogP contribution is -2.23. The lowest BCUT2D eigenvalue weighted by molar-refractivity contribution is -0.142. The van der Waals surface area contributed by atoms with Gasteiger partial charge in [-0.1, -0.05) is 31.0 Å². The Balaban J connectivity index is 1.47. The fourth-order valence-corrected chi connectivity index (χ4v) is 3.27. The molecule has 0 bridgehead atoms. The third kappa shape index (κ3) is 6.14. The van der Waals surface area contributed by atoms with Crippen molar-refractivity contribution in [3.63, 3.8) is 0 Å². The summed E-state index contributed by atoms with van der Waals surface area (Å²) in [5, 5.41) is 2.05. The van der Waals surface area contributed by atoms with Crippen molar-refractivity contribution in [1.82, 2.24) is 0 Å². The molecule has 3 rings (SSSR count). The van der Waals surface area contributed by atoms with E-state index in [-0.39, 0.29) is 0 Å². The van der Waals surface area contributed by atoms with Crippen LogP contribution in [0.4, 0.5) is 20.2 Å². The number of ether oxygens (including phenoxy) is 1. The molecule has 0 unspecified atom stereocenters. The molecule has 1 fully saturated rings. The highest BCUT2D eigenvalue weighted by atomic mass is 19.1. The van der Waals surface area contributed by atoms with Crippen molar-refractivity contribution in [3.8, 4) is 0 Å². The number of carbonyl (C=O) groups is 2. The van der Waals surface area contributed by atoms with E-state index in [0.29, 0.717) is 0 Å². The minimum atomic E-state index is -0.904. The van der Waals surface area contributed by atoms with E-state index >= 15 is 0 Å². The average Bonchev–Trinajstić information content (AvgIpc) is 3.03. The number of nitrogens with one attached hydrogen (secondary N) is 1. The smallest absolute Gasteiger partial charge is 0.331 e. The first-order valence-corrected chi connectivity index (χ1v) is 9.96. The van der Waals surface area contributed by atoms with Crippen LogP contribution < -0.4 is 10.2 Å². The third-order valence-electron chi connectivity index (χ3n) is 4.85. The van der Waals surface area contributed by atoms with Gasteiger partial charge in [0.05, 0.1) is 0 Å². The number of nitrogens with zero attached hydrogens (tertiary/aromatic N) is 1. The molecular formula is C23H24F2N2O3. The topological polar surface area (TPSA) is 58.6 Å². The van der Waals surface area contributed by atoms with Crippen LogP contribution in [-0.4, -0.2) is 31.6 Å². The second-order valence-corrected chi connectivity index (χ2v) is 7.08. The maximum Gasteiger partial charge on any atom is 0.331 e. The summed E-state index contributed by atoms with van der Waals surface area (Å²) in [5.74, 6) is -3.37. The maximum atomic E-state index is 13.5. The zero-order valence-electron chi connectivity index (χ0n) is 16.6. The van der Waals surface area contributed by atoms with Gasteiger partial charge in [-0.3, -0.25) is 4.79 Å². The van der Waals surface area contributed by atoms with E-state index in [0.717, 1.165) is 36.5 Å². The Morgan fingerprint density at radius 2 is 1.60 bits per heavy atom. The van der Waals surface area contributed by atoms with E-state index < -0.39 is 35.8 Å². The average molecular weight is 414 g/mol. The number of esters is 1. The molecular weight excluding hydrogens is 390 g/mol. The molecule has 1 amide bonds. The van der Waals surface area contributed by atoms with Gasteiger partial charge in [-0.25, -0.2) is 13.6 Å². The number of hydrogen-bond acceptors (Lipinski definition) is 4. The van der Waals surface area contributed by atoms with Crippen molar-refractivity contribution in [2.45, 2.75) is 25.7 Å². The molecule has 0 radical (unpaired) electrons. The van der Waals surface area contributed by atoms with E-state index in [1.807, 2.05) is 24.3 Å². The van der Waals surface area contributed by atoms with Gasteiger partial charge in [0.1, 0.15) is 17.3 Å². The second kappa shape index (κ2) is 10.5. The molecule has 1 saturated heterocycles. The van der Waals surface area contributed by atoms with E-state index in [2.05, 4.69) is 10.2 Å². The van der Waals surface area contributed by atoms with Gasteiger partial charge < -0.3 is 15.0 Å². The van der Waals surface area contributed by atoms with Gasteiger partial charge in [-0.15, -0.1) is 0 Å². The standard InChI is InChI=1S/C23H24F2N2O3/c24-19-6-5-7-20(25)23(19)26-21(28)16-30-22(29)13-10-17-8-11-18(12-9-17)27-14-3-1-2-4-15-27/h5-13H,1-4,14-16H2,(H,26,28)/b13-10+. The minimum absolute atomic E-state index is 0.571. The number of benzene rings is 2. The molecule has 0 spiro atoms. The SMILES string of the molecule is O=C(COC(=O)/C=C/c1ccc(N2CCCCCC2)cc1)Nc1c(F)cccc1F. The fourth-order valence-electron chi connectivity index (χ4n) is 3.27. The van der Waals surface area contributed by atoms with Crippen LogP contribution in [0.15, 0.2) is 48.5 Å². The fraction of sp³-hybridized carbons (Fsp3) is 0.304. The van der Waals surface area contributed by atoms with Crippen LogP contribution in [0.1, 0.15) is 31.2 Å². The Morgan fingerprint density at radius 3 is 2.23 bits per heavy atom. The van der Waals surface area contributed by atoms with Crippen LogP contribution in [0.25, 0.3) is 6.08 Å². The molecule has 2 aromatic rings. The number of carbonyl (C=O) groups excluding carboxylic acids is 2. The first-order valence-electron chi connectivity index (χ1n) is 9.96. The highest BCUT2D eigenvalue weighted by molar-refractivity contribution is 5.94. The lowest BCUT2D eigenvalue weighted by Gasteiger charge is -2.22. The predicted octanol–water partition coefficient (Wildman–Crippen LogP) is 4.54. The number of hydrogen-bond donors (Lipinski definition) is 1. The van der Waals surface area contributed by atoms with Crippen molar-refractivity contribution in [2.75, 3.05) is 29.9 Å². The van der Waals surface area contributed by atoms with Crippen LogP contribution in [-0.2, 0) is 14.3 Å². The van der Waals surface area contributed by atoms with Gasteiger partial charge in [-0.2, -0.15) is 0 Å². The van der Waals surface area contributed by atoms with E-state index in [4.69, 9.17) is 4.74 Å². The molecule has 0 saturated carbocycles. The van der Waals surface area contributed by atoms with Gasteiger partial charge in [0.2, 0.25) is 0 Å². The Kier molecular flexibility index (Phi) is 7.54. The van der Waals surface area contributed by atoms with Gasteiger partial charge >= 0.3 is 5.97 Å². The summed E-state index contributed by atoms with van der Waals surface area (Å²) in [5.41, 5.74) is 1.41. The zero-order chi connectivity index (χ0) is 21.3. The van der Waals surface area contributed by atoms with Crippen LogP contribution in [0, 0.1) is 11.6 Å². The van der Waals surface area contributed by atoms with Crippen LogP contribution in [0.5, 0.6) is 0 Å². The largest absolute Gasteiger partial charge is 0.452 e. The van der Waals surface area contributed by atoms with Gasteiger partial charge in [0.25, 0.3) is 5.91 Å².